The van der Waals surface area contributed by atoms with Crippen LogP contribution in [0.5, 0.6) is 17.2 Å². The van der Waals surface area contributed by atoms with Gasteiger partial charge in [0, 0.05) is 6.42 Å². The van der Waals surface area contributed by atoms with Crippen molar-refractivity contribution in [1.29, 1.82) is 0 Å². The summed E-state index contributed by atoms with van der Waals surface area (Å²) in [6.45, 7) is 0.396. The van der Waals surface area contributed by atoms with Crippen LogP contribution in [0, 0.1) is 0 Å². The van der Waals surface area contributed by atoms with Crippen LogP contribution in [0.25, 0.3) is 0 Å². The van der Waals surface area contributed by atoms with Gasteiger partial charge < -0.3 is 24.3 Å². The first kappa shape index (κ1) is 13.3. The Labute approximate surface area is 111 Å². The highest BCUT2D eigenvalue weighted by Crippen LogP contribution is 2.40. The van der Waals surface area contributed by atoms with Crippen molar-refractivity contribution >= 4 is 6.09 Å². The number of hydrogen-bond acceptors (Lipinski definition) is 5. The minimum atomic E-state index is -0.412. The van der Waals surface area contributed by atoms with Crippen molar-refractivity contribution in [2.75, 3.05) is 27.9 Å². The van der Waals surface area contributed by atoms with Gasteiger partial charge in [-0.15, -0.1) is 0 Å². The number of rotatable bonds is 4. The molecule has 1 fully saturated rings. The topological polar surface area (TPSA) is 66.0 Å². The number of methoxy groups -OCH3 is 3. The molecule has 1 aliphatic heterocycles. The quantitative estimate of drug-likeness (QED) is 0.902. The van der Waals surface area contributed by atoms with E-state index in [2.05, 4.69) is 5.32 Å². The Kier molecular flexibility index (Phi) is 3.99. The number of carbonyl (C=O) groups is 1. The second kappa shape index (κ2) is 5.69. The van der Waals surface area contributed by atoms with Crippen molar-refractivity contribution in [3.63, 3.8) is 0 Å². The van der Waals surface area contributed by atoms with Crippen LogP contribution in [-0.2, 0) is 4.74 Å². The van der Waals surface area contributed by atoms with E-state index >= 15 is 0 Å². The Morgan fingerprint density at radius 3 is 2.26 bits per heavy atom. The Bertz CT molecular complexity index is 449. The van der Waals surface area contributed by atoms with Crippen LogP contribution < -0.4 is 19.5 Å². The van der Waals surface area contributed by atoms with Gasteiger partial charge in [-0.25, -0.2) is 4.79 Å². The van der Waals surface area contributed by atoms with Crippen molar-refractivity contribution in [1.82, 2.24) is 5.32 Å². The van der Waals surface area contributed by atoms with Crippen LogP contribution in [-0.4, -0.2) is 34.0 Å². The standard InChI is InChI=1S/C13H17NO5/c1-16-10-6-8(7-11(17-2)12(10)18-3)9-4-5-19-13(15)14-9/h6-7,9H,4-5H2,1-3H3,(H,14,15)/t9-/m0/s1. The molecule has 1 aromatic rings. The van der Waals surface area contributed by atoms with Crippen LogP contribution in [0.4, 0.5) is 4.79 Å². The summed E-state index contributed by atoms with van der Waals surface area (Å²) >= 11 is 0. The molecule has 0 aliphatic carbocycles. The molecule has 0 unspecified atom stereocenters. The van der Waals surface area contributed by atoms with Crippen LogP contribution >= 0.6 is 0 Å². The predicted octanol–water partition coefficient (Wildman–Crippen LogP) is 1.88. The van der Waals surface area contributed by atoms with Gasteiger partial charge in [-0.3, -0.25) is 0 Å². The number of benzene rings is 1. The van der Waals surface area contributed by atoms with Crippen molar-refractivity contribution in [3.05, 3.63) is 17.7 Å². The number of amides is 1. The van der Waals surface area contributed by atoms with Crippen LogP contribution in [0.2, 0.25) is 0 Å². The fourth-order valence-electron chi connectivity index (χ4n) is 2.08. The lowest BCUT2D eigenvalue weighted by molar-refractivity contribution is 0.115. The molecular weight excluding hydrogens is 250 g/mol. The summed E-state index contributed by atoms with van der Waals surface area (Å²) in [7, 11) is 4.67. The van der Waals surface area contributed by atoms with Gasteiger partial charge in [-0.1, -0.05) is 0 Å². The van der Waals surface area contributed by atoms with Gasteiger partial charge in [-0.05, 0) is 17.7 Å². The molecule has 2 rings (SSSR count). The average molecular weight is 267 g/mol. The molecule has 0 radical (unpaired) electrons. The van der Waals surface area contributed by atoms with E-state index in [1.807, 2.05) is 12.1 Å². The molecule has 1 aliphatic rings. The minimum Gasteiger partial charge on any atom is -0.493 e. The summed E-state index contributed by atoms with van der Waals surface area (Å²) in [6, 6.07) is 3.55. The van der Waals surface area contributed by atoms with Crippen molar-refractivity contribution in [2.45, 2.75) is 12.5 Å². The van der Waals surface area contributed by atoms with E-state index in [-0.39, 0.29) is 6.04 Å². The SMILES string of the molecule is COc1cc([C@@H]2CCOC(=O)N2)cc(OC)c1OC. The zero-order chi connectivity index (χ0) is 13.8. The first-order valence-electron chi connectivity index (χ1n) is 5.92. The molecule has 1 N–H and O–H groups in total. The lowest BCUT2D eigenvalue weighted by Crippen LogP contribution is -2.35. The average Bonchev–Trinajstić information content (AvgIpc) is 2.45. The van der Waals surface area contributed by atoms with Crippen LogP contribution in [0.3, 0.4) is 0 Å². The predicted molar refractivity (Wildman–Crippen MR) is 67.9 cm³/mol. The molecule has 104 valence electrons. The maximum Gasteiger partial charge on any atom is 0.407 e. The van der Waals surface area contributed by atoms with Crippen LogP contribution in [0.1, 0.15) is 18.0 Å². The lowest BCUT2D eigenvalue weighted by Gasteiger charge is -2.25. The monoisotopic (exact) mass is 267 g/mol. The molecule has 6 heteroatoms. The van der Waals surface area contributed by atoms with Gasteiger partial charge >= 0.3 is 6.09 Å². The zero-order valence-electron chi connectivity index (χ0n) is 11.2. The van der Waals surface area contributed by atoms with E-state index in [0.717, 1.165) is 5.56 Å². The molecule has 1 saturated heterocycles. The normalized spacial score (nSPS) is 18.3. The second-order valence-corrected chi connectivity index (χ2v) is 4.08. The van der Waals surface area contributed by atoms with Gasteiger partial charge in [0.15, 0.2) is 11.5 Å². The second-order valence-electron chi connectivity index (χ2n) is 4.08. The van der Waals surface area contributed by atoms with Gasteiger partial charge in [0.2, 0.25) is 5.75 Å². The molecule has 1 aromatic carbocycles. The maximum absolute atomic E-state index is 11.3. The molecule has 0 bridgehead atoms. The molecule has 1 amide bonds. The molecule has 6 nitrogen and oxygen atoms in total. The number of alkyl carbamates (subject to hydrolysis) is 1. The van der Waals surface area contributed by atoms with Gasteiger partial charge in [0.05, 0.1) is 34.0 Å². The number of hydrogen-bond donors (Lipinski definition) is 1. The Balaban J connectivity index is 2.37. The van der Waals surface area contributed by atoms with Crippen LogP contribution in [0.15, 0.2) is 12.1 Å². The highest BCUT2D eigenvalue weighted by molar-refractivity contribution is 5.69. The molecule has 1 heterocycles. The number of ether oxygens (including phenoxy) is 4. The summed E-state index contributed by atoms with van der Waals surface area (Å²) in [5, 5.41) is 2.76. The maximum atomic E-state index is 11.3. The first-order valence-corrected chi connectivity index (χ1v) is 5.92. The van der Waals surface area contributed by atoms with E-state index in [4.69, 9.17) is 18.9 Å². The fourth-order valence-corrected chi connectivity index (χ4v) is 2.08. The lowest BCUT2D eigenvalue weighted by atomic mass is 10.0. The Morgan fingerprint density at radius 2 is 1.79 bits per heavy atom. The van der Waals surface area contributed by atoms with E-state index < -0.39 is 6.09 Å². The number of nitrogens with one attached hydrogen (secondary N) is 1. The van der Waals surface area contributed by atoms with Gasteiger partial charge in [0.1, 0.15) is 0 Å². The van der Waals surface area contributed by atoms with E-state index in [1.54, 1.807) is 21.3 Å². The molecule has 0 aromatic heterocycles. The van der Waals surface area contributed by atoms with Crippen molar-refractivity contribution in [3.8, 4) is 17.2 Å². The molecule has 1 atom stereocenters. The summed E-state index contributed by atoms with van der Waals surface area (Å²) < 4.78 is 20.7. The highest BCUT2D eigenvalue weighted by Gasteiger charge is 2.23. The van der Waals surface area contributed by atoms with E-state index in [9.17, 15) is 4.79 Å². The number of carbonyl (C=O) groups excluding carboxylic acids is 1. The first-order chi connectivity index (χ1) is 9.19. The van der Waals surface area contributed by atoms with Crippen molar-refractivity contribution in [2.24, 2.45) is 0 Å². The van der Waals surface area contributed by atoms with Crippen molar-refractivity contribution < 1.29 is 23.7 Å². The van der Waals surface area contributed by atoms with Gasteiger partial charge in [-0.2, -0.15) is 0 Å². The van der Waals surface area contributed by atoms with E-state index in [1.165, 1.54) is 0 Å². The third kappa shape index (κ3) is 2.67. The summed E-state index contributed by atoms with van der Waals surface area (Å²) in [5.74, 6) is 1.67. The van der Waals surface area contributed by atoms with E-state index in [0.29, 0.717) is 30.3 Å². The largest absolute Gasteiger partial charge is 0.493 e. The Morgan fingerprint density at radius 1 is 1.16 bits per heavy atom. The summed E-state index contributed by atoms with van der Waals surface area (Å²) in [6.07, 6.45) is 0.287. The molecular formula is C13H17NO5. The summed E-state index contributed by atoms with van der Waals surface area (Å²) in [5.41, 5.74) is 0.895. The van der Waals surface area contributed by atoms with Gasteiger partial charge in [0.25, 0.3) is 0 Å². The minimum absolute atomic E-state index is 0.116. The Hall–Kier alpha value is -2.11. The zero-order valence-corrected chi connectivity index (χ0v) is 11.2. The fraction of sp³-hybridized carbons (Fsp3) is 0.462. The summed E-state index contributed by atoms with van der Waals surface area (Å²) in [4.78, 5) is 11.3. The third-order valence-electron chi connectivity index (χ3n) is 3.02. The molecule has 0 saturated carbocycles. The molecule has 0 spiro atoms. The smallest absolute Gasteiger partial charge is 0.407 e. The number of cyclic esters (lactones) is 1. The highest BCUT2D eigenvalue weighted by atomic mass is 16.6. The third-order valence-corrected chi connectivity index (χ3v) is 3.02. The molecule has 19 heavy (non-hydrogen) atoms.